The van der Waals surface area contributed by atoms with E-state index in [9.17, 15) is 14.4 Å². The maximum Gasteiger partial charge on any atom is 0.338 e. The van der Waals surface area contributed by atoms with Crippen LogP contribution in [0.5, 0.6) is 0 Å². The summed E-state index contributed by atoms with van der Waals surface area (Å²) in [6.07, 6.45) is 0.404. The van der Waals surface area contributed by atoms with Gasteiger partial charge in [0.15, 0.2) is 0 Å². The zero-order chi connectivity index (χ0) is 15.1. The standard InChI is InChI=1S/C13H16N2O5/c14-7-9-3-1-8(2-4-9)5-6-10(16)15-11(12(17)18)13(19)20/h1-4,11H,5-7,14H2,(H,15,16)(H,17,18)(H,19,20). The zero-order valence-electron chi connectivity index (χ0n) is 10.7. The minimum Gasteiger partial charge on any atom is -0.479 e. The van der Waals surface area contributed by atoms with Crippen molar-refractivity contribution in [2.45, 2.75) is 25.4 Å². The lowest BCUT2D eigenvalue weighted by Crippen LogP contribution is -2.46. The lowest BCUT2D eigenvalue weighted by molar-refractivity contribution is -0.153. The molecule has 0 aliphatic rings. The van der Waals surface area contributed by atoms with Gasteiger partial charge in [0.25, 0.3) is 0 Å². The summed E-state index contributed by atoms with van der Waals surface area (Å²) in [5, 5.41) is 19.2. The number of benzene rings is 1. The molecule has 5 N–H and O–H groups in total. The number of amides is 1. The van der Waals surface area contributed by atoms with Crippen molar-refractivity contribution in [2.24, 2.45) is 5.73 Å². The predicted molar refractivity (Wildman–Crippen MR) is 69.9 cm³/mol. The first-order valence-corrected chi connectivity index (χ1v) is 5.97. The minimum absolute atomic E-state index is 0.0129. The van der Waals surface area contributed by atoms with Crippen LogP contribution in [-0.2, 0) is 27.3 Å². The SMILES string of the molecule is NCc1ccc(CCC(=O)NC(C(=O)O)C(=O)O)cc1. The first-order valence-electron chi connectivity index (χ1n) is 5.97. The van der Waals surface area contributed by atoms with Crippen LogP contribution in [0.2, 0.25) is 0 Å². The van der Waals surface area contributed by atoms with Gasteiger partial charge in [0, 0.05) is 13.0 Å². The molecule has 1 aromatic carbocycles. The van der Waals surface area contributed by atoms with Crippen LogP contribution >= 0.6 is 0 Å². The van der Waals surface area contributed by atoms with Gasteiger partial charge < -0.3 is 21.3 Å². The van der Waals surface area contributed by atoms with Crippen LogP contribution in [0.15, 0.2) is 24.3 Å². The third-order valence-corrected chi connectivity index (χ3v) is 2.70. The number of rotatable bonds is 7. The van der Waals surface area contributed by atoms with E-state index in [0.717, 1.165) is 11.1 Å². The second-order valence-corrected chi connectivity index (χ2v) is 4.20. The van der Waals surface area contributed by atoms with Crippen molar-refractivity contribution >= 4 is 17.8 Å². The summed E-state index contributed by atoms with van der Waals surface area (Å²) in [5.41, 5.74) is 7.31. The second-order valence-electron chi connectivity index (χ2n) is 4.20. The molecule has 1 amide bonds. The Kier molecular flexibility index (Phi) is 5.67. The molecule has 1 rings (SSSR count). The average molecular weight is 280 g/mol. The van der Waals surface area contributed by atoms with Gasteiger partial charge in [-0.2, -0.15) is 0 Å². The molecule has 7 heteroatoms. The summed E-state index contributed by atoms with van der Waals surface area (Å²) < 4.78 is 0. The fourth-order valence-corrected chi connectivity index (χ4v) is 1.56. The fraction of sp³-hybridized carbons (Fsp3) is 0.308. The highest BCUT2D eigenvalue weighted by Crippen LogP contribution is 2.06. The summed E-state index contributed by atoms with van der Waals surface area (Å²) in [7, 11) is 0. The topological polar surface area (TPSA) is 130 Å². The van der Waals surface area contributed by atoms with Crippen LogP contribution < -0.4 is 11.1 Å². The predicted octanol–water partition coefficient (Wildman–Crippen LogP) is -0.268. The lowest BCUT2D eigenvalue weighted by Gasteiger charge is -2.10. The molecular formula is C13H16N2O5. The number of hydrogen-bond donors (Lipinski definition) is 4. The van der Waals surface area contributed by atoms with E-state index in [1.165, 1.54) is 0 Å². The van der Waals surface area contributed by atoms with Crippen molar-refractivity contribution in [3.63, 3.8) is 0 Å². The Balaban J connectivity index is 2.50. The largest absolute Gasteiger partial charge is 0.479 e. The number of aliphatic carboxylic acids is 2. The van der Waals surface area contributed by atoms with Crippen LogP contribution in [-0.4, -0.2) is 34.1 Å². The quantitative estimate of drug-likeness (QED) is 0.509. The lowest BCUT2D eigenvalue weighted by atomic mass is 10.1. The molecule has 7 nitrogen and oxygen atoms in total. The second kappa shape index (κ2) is 7.25. The molecule has 108 valence electrons. The molecule has 0 bridgehead atoms. The van der Waals surface area contributed by atoms with Crippen molar-refractivity contribution in [1.82, 2.24) is 5.32 Å². The number of carboxylic acid groups (broad SMARTS) is 2. The number of hydrogen-bond acceptors (Lipinski definition) is 4. The number of carbonyl (C=O) groups excluding carboxylic acids is 1. The van der Waals surface area contributed by atoms with Gasteiger partial charge in [0.2, 0.25) is 11.9 Å². The van der Waals surface area contributed by atoms with E-state index < -0.39 is 23.9 Å². The molecule has 20 heavy (non-hydrogen) atoms. The fourth-order valence-electron chi connectivity index (χ4n) is 1.56. The van der Waals surface area contributed by atoms with Crippen LogP contribution in [0.25, 0.3) is 0 Å². The van der Waals surface area contributed by atoms with Crippen molar-refractivity contribution in [3.8, 4) is 0 Å². The van der Waals surface area contributed by atoms with E-state index in [1.54, 1.807) is 0 Å². The van der Waals surface area contributed by atoms with E-state index in [2.05, 4.69) is 0 Å². The molecule has 0 heterocycles. The molecule has 0 aliphatic heterocycles. The summed E-state index contributed by atoms with van der Waals surface area (Å²) in [6.45, 7) is 0.430. The Bertz CT molecular complexity index is 484. The minimum atomic E-state index is -1.91. The van der Waals surface area contributed by atoms with Crippen LogP contribution in [0.3, 0.4) is 0 Å². The van der Waals surface area contributed by atoms with Gasteiger partial charge in [-0.25, -0.2) is 9.59 Å². The zero-order valence-corrected chi connectivity index (χ0v) is 10.7. The normalized spacial score (nSPS) is 10.3. The molecule has 0 atom stereocenters. The molecule has 0 saturated carbocycles. The van der Waals surface area contributed by atoms with E-state index >= 15 is 0 Å². The van der Waals surface area contributed by atoms with Crippen molar-refractivity contribution < 1.29 is 24.6 Å². The maximum atomic E-state index is 11.5. The average Bonchev–Trinajstić information content (AvgIpc) is 2.42. The molecule has 0 radical (unpaired) electrons. The van der Waals surface area contributed by atoms with Crippen molar-refractivity contribution in [1.29, 1.82) is 0 Å². The van der Waals surface area contributed by atoms with Crippen LogP contribution in [0, 0.1) is 0 Å². The van der Waals surface area contributed by atoms with Gasteiger partial charge in [0.1, 0.15) is 0 Å². The molecule has 0 aromatic heterocycles. The number of carboxylic acids is 2. The molecule has 0 aliphatic carbocycles. The van der Waals surface area contributed by atoms with E-state index in [4.69, 9.17) is 15.9 Å². The van der Waals surface area contributed by atoms with E-state index in [0.29, 0.717) is 13.0 Å². The smallest absolute Gasteiger partial charge is 0.338 e. The Morgan fingerprint density at radius 1 is 1.05 bits per heavy atom. The van der Waals surface area contributed by atoms with Gasteiger partial charge in [-0.3, -0.25) is 4.79 Å². The van der Waals surface area contributed by atoms with Crippen molar-refractivity contribution in [2.75, 3.05) is 0 Å². The number of nitrogens with two attached hydrogens (primary N) is 1. The summed E-state index contributed by atoms with van der Waals surface area (Å²) in [4.78, 5) is 32.7. The molecular weight excluding hydrogens is 264 g/mol. The molecule has 0 fully saturated rings. The molecule has 0 saturated heterocycles. The highest BCUT2D eigenvalue weighted by atomic mass is 16.4. The molecule has 0 spiro atoms. The molecule has 0 unspecified atom stereocenters. The summed E-state index contributed by atoms with van der Waals surface area (Å²) in [6, 6.07) is 5.40. The summed E-state index contributed by atoms with van der Waals surface area (Å²) >= 11 is 0. The number of carbonyl (C=O) groups is 3. The first-order chi connectivity index (χ1) is 9.43. The van der Waals surface area contributed by atoms with Gasteiger partial charge in [0.05, 0.1) is 0 Å². The van der Waals surface area contributed by atoms with E-state index in [-0.39, 0.29) is 6.42 Å². The van der Waals surface area contributed by atoms with Gasteiger partial charge in [-0.05, 0) is 17.5 Å². The van der Waals surface area contributed by atoms with Gasteiger partial charge in [-0.1, -0.05) is 24.3 Å². The van der Waals surface area contributed by atoms with Crippen LogP contribution in [0.4, 0.5) is 0 Å². The molecule has 1 aromatic rings. The maximum absolute atomic E-state index is 11.5. The monoisotopic (exact) mass is 280 g/mol. The third-order valence-electron chi connectivity index (χ3n) is 2.70. The Hall–Kier alpha value is -2.41. The van der Waals surface area contributed by atoms with Gasteiger partial charge >= 0.3 is 11.9 Å². The summed E-state index contributed by atoms with van der Waals surface area (Å²) in [5.74, 6) is -3.82. The third kappa shape index (κ3) is 4.69. The highest BCUT2D eigenvalue weighted by Gasteiger charge is 2.27. The highest BCUT2D eigenvalue weighted by molar-refractivity contribution is 6.00. The Morgan fingerprint density at radius 3 is 2.00 bits per heavy atom. The number of aryl methyl sites for hydroxylation is 1. The van der Waals surface area contributed by atoms with Gasteiger partial charge in [-0.15, -0.1) is 0 Å². The van der Waals surface area contributed by atoms with E-state index in [1.807, 2.05) is 29.6 Å². The Labute approximate surface area is 115 Å². The Morgan fingerprint density at radius 2 is 1.55 bits per heavy atom. The van der Waals surface area contributed by atoms with Crippen LogP contribution in [0.1, 0.15) is 17.5 Å². The number of nitrogens with one attached hydrogen (secondary N) is 1. The van der Waals surface area contributed by atoms with Crippen molar-refractivity contribution in [3.05, 3.63) is 35.4 Å². The first kappa shape index (κ1) is 15.6.